The SMILES string of the molecule is Cc1cc(N[C@H](C)c2cccc(C(F)F)c2F)c2cc(C3=CCN(C(=O)OC(C)(C)C)CC3)cc(C(F)(F)F)c2n1. The predicted molar refractivity (Wildman–Crippen MR) is 145 cm³/mol. The molecule has 1 aliphatic heterocycles. The molecule has 0 spiro atoms. The summed E-state index contributed by atoms with van der Waals surface area (Å²) in [7, 11) is 0. The lowest BCUT2D eigenvalue weighted by Crippen LogP contribution is -2.39. The second kappa shape index (κ2) is 11.3. The van der Waals surface area contributed by atoms with Crippen LogP contribution in [0, 0.1) is 12.7 Å². The molecule has 2 aromatic carbocycles. The van der Waals surface area contributed by atoms with Gasteiger partial charge in [-0.2, -0.15) is 13.2 Å². The van der Waals surface area contributed by atoms with Crippen LogP contribution in [0.4, 0.5) is 36.8 Å². The number of aryl methyl sites for hydroxylation is 1. The van der Waals surface area contributed by atoms with E-state index in [-0.39, 0.29) is 40.9 Å². The van der Waals surface area contributed by atoms with Crippen molar-refractivity contribution in [1.82, 2.24) is 9.88 Å². The van der Waals surface area contributed by atoms with E-state index >= 15 is 0 Å². The lowest BCUT2D eigenvalue weighted by atomic mass is 9.94. The Bertz CT molecular complexity index is 1490. The molecule has 2 heterocycles. The zero-order valence-corrected chi connectivity index (χ0v) is 23.3. The highest BCUT2D eigenvalue weighted by Gasteiger charge is 2.35. The minimum Gasteiger partial charge on any atom is -0.444 e. The third kappa shape index (κ3) is 6.77. The summed E-state index contributed by atoms with van der Waals surface area (Å²) in [5.74, 6) is -1.07. The predicted octanol–water partition coefficient (Wildman–Crippen LogP) is 8.84. The van der Waals surface area contributed by atoms with Gasteiger partial charge in [-0.05, 0) is 70.4 Å². The number of pyridine rings is 1. The van der Waals surface area contributed by atoms with Crippen LogP contribution in [0.5, 0.6) is 0 Å². The number of anilines is 1. The fourth-order valence-corrected chi connectivity index (χ4v) is 4.78. The molecular formula is C30H31F6N3O2. The number of nitrogens with zero attached hydrogens (tertiary/aromatic N) is 2. The number of carbonyl (C=O) groups excluding carboxylic acids is 1. The first-order valence-corrected chi connectivity index (χ1v) is 13.1. The van der Waals surface area contributed by atoms with Gasteiger partial charge in [0.15, 0.2) is 0 Å². The van der Waals surface area contributed by atoms with Crippen LogP contribution in [0.2, 0.25) is 0 Å². The molecule has 0 radical (unpaired) electrons. The number of hydrogen-bond donors (Lipinski definition) is 1. The van der Waals surface area contributed by atoms with Gasteiger partial charge in [0.25, 0.3) is 6.43 Å². The molecule has 220 valence electrons. The number of rotatable bonds is 5. The highest BCUT2D eigenvalue weighted by molar-refractivity contribution is 5.96. The molecule has 41 heavy (non-hydrogen) atoms. The summed E-state index contributed by atoms with van der Waals surface area (Å²) in [6.07, 6.45) is -6.26. The molecular weight excluding hydrogens is 548 g/mol. The summed E-state index contributed by atoms with van der Waals surface area (Å²) in [6.45, 7) is 8.74. The van der Waals surface area contributed by atoms with E-state index in [1.54, 1.807) is 39.8 Å². The quantitative estimate of drug-likeness (QED) is 0.307. The summed E-state index contributed by atoms with van der Waals surface area (Å²) in [5.41, 5.74) is -1.24. The Morgan fingerprint density at radius 2 is 1.78 bits per heavy atom. The van der Waals surface area contributed by atoms with Crippen molar-refractivity contribution in [3.8, 4) is 0 Å². The van der Waals surface area contributed by atoms with Gasteiger partial charge in [0.05, 0.1) is 22.7 Å². The first kappa shape index (κ1) is 30.2. The normalized spacial score (nSPS) is 15.2. The van der Waals surface area contributed by atoms with Crippen molar-refractivity contribution in [1.29, 1.82) is 0 Å². The Balaban J connectivity index is 1.76. The van der Waals surface area contributed by atoms with Gasteiger partial charge in [0, 0.05) is 35.4 Å². The molecule has 0 saturated heterocycles. The van der Waals surface area contributed by atoms with E-state index in [0.29, 0.717) is 17.6 Å². The molecule has 0 fully saturated rings. The summed E-state index contributed by atoms with van der Waals surface area (Å²) >= 11 is 0. The molecule has 0 unspecified atom stereocenters. The third-order valence-electron chi connectivity index (χ3n) is 6.71. The average molecular weight is 580 g/mol. The monoisotopic (exact) mass is 579 g/mol. The van der Waals surface area contributed by atoms with Crippen molar-refractivity contribution < 1.29 is 35.9 Å². The molecule has 1 amide bonds. The molecule has 1 N–H and O–H groups in total. The Morgan fingerprint density at radius 1 is 1.10 bits per heavy atom. The van der Waals surface area contributed by atoms with Crippen LogP contribution >= 0.6 is 0 Å². The lowest BCUT2D eigenvalue weighted by Gasteiger charge is -2.30. The van der Waals surface area contributed by atoms with Crippen LogP contribution in [0.15, 0.2) is 42.5 Å². The summed E-state index contributed by atoms with van der Waals surface area (Å²) < 4.78 is 89.6. The molecule has 5 nitrogen and oxygen atoms in total. The number of nitrogens with one attached hydrogen (secondary N) is 1. The first-order valence-electron chi connectivity index (χ1n) is 13.1. The third-order valence-corrected chi connectivity index (χ3v) is 6.71. The Hall–Kier alpha value is -3.76. The van der Waals surface area contributed by atoms with E-state index in [9.17, 15) is 31.1 Å². The minimum atomic E-state index is -4.73. The number of carbonyl (C=O) groups is 1. The molecule has 0 aliphatic carbocycles. The van der Waals surface area contributed by atoms with E-state index < -0.39 is 47.3 Å². The minimum absolute atomic E-state index is 0.0464. The van der Waals surface area contributed by atoms with Crippen LogP contribution in [-0.2, 0) is 10.9 Å². The van der Waals surface area contributed by atoms with Gasteiger partial charge >= 0.3 is 12.3 Å². The van der Waals surface area contributed by atoms with Gasteiger partial charge in [0.1, 0.15) is 11.4 Å². The Kier molecular flexibility index (Phi) is 8.29. The van der Waals surface area contributed by atoms with Gasteiger partial charge in [-0.1, -0.05) is 24.3 Å². The summed E-state index contributed by atoms with van der Waals surface area (Å²) in [6, 6.07) is 6.96. The maximum absolute atomic E-state index is 14.9. The maximum Gasteiger partial charge on any atom is 0.418 e. The van der Waals surface area contributed by atoms with Crippen molar-refractivity contribution in [3.63, 3.8) is 0 Å². The maximum atomic E-state index is 14.9. The highest BCUT2D eigenvalue weighted by Crippen LogP contribution is 2.40. The van der Waals surface area contributed by atoms with Crippen LogP contribution in [0.25, 0.3) is 16.5 Å². The van der Waals surface area contributed by atoms with E-state index in [1.165, 1.54) is 30.0 Å². The Labute approximate surface area is 234 Å². The molecule has 11 heteroatoms. The smallest absolute Gasteiger partial charge is 0.418 e. The van der Waals surface area contributed by atoms with Crippen LogP contribution in [0.3, 0.4) is 0 Å². The van der Waals surface area contributed by atoms with Gasteiger partial charge in [-0.3, -0.25) is 4.98 Å². The fraction of sp³-hybridized carbons (Fsp3) is 0.400. The highest BCUT2D eigenvalue weighted by atomic mass is 19.4. The van der Waals surface area contributed by atoms with Crippen LogP contribution in [-0.4, -0.2) is 34.7 Å². The number of fused-ring (bicyclic) bond motifs is 1. The number of hydrogen-bond acceptors (Lipinski definition) is 4. The van der Waals surface area contributed by atoms with Crippen molar-refractivity contribution in [2.24, 2.45) is 0 Å². The number of alkyl halides is 5. The zero-order valence-electron chi connectivity index (χ0n) is 23.3. The summed E-state index contributed by atoms with van der Waals surface area (Å²) in [5, 5.41) is 3.17. The fourth-order valence-electron chi connectivity index (χ4n) is 4.78. The summed E-state index contributed by atoms with van der Waals surface area (Å²) in [4.78, 5) is 18.1. The number of ether oxygens (including phenoxy) is 1. The van der Waals surface area contributed by atoms with Gasteiger partial charge in [-0.15, -0.1) is 0 Å². The van der Waals surface area contributed by atoms with Gasteiger partial charge in [-0.25, -0.2) is 18.0 Å². The topological polar surface area (TPSA) is 54.5 Å². The second-order valence-electron chi connectivity index (χ2n) is 11.1. The van der Waals surface area contributed by atoms with E-state index in [4.69, 9.17) is 4.74 Å². The first-order chi connectivity index (χ1) is 19.0. The number of benzene rings is 2. The van der Waals surface area contributed by atoms with Gasteiger partial charge in [0.2, 0.25) is 0 Å². The molecule has 0 bridgehead atoms. The molecule has 1 atom stereocenters. The van der Waals surface area contributed by atoms with Crippen molar-refractivity contribution in [3.05, 3.63) is 76.2 Å². The van der Waals surface area contributed by atoms with Crippen molar-refractivity contribution in [2.45, 2.75) is 65.3 Å². The molecule has 4 rings (SSSR count). The standard InChI is InChI=1S/C30H31F6N3O2/c1-16-13-24(38-17(2)20-7-6-8-21(25(20)31)27(32)33)22-14-19(15-23(26(22)37-16)30(34,35)36)18-9-11-39(12-10-18)28(40)41-29(3,4)5/h6-9,13-15,17,27H,10-12H2,1-5H3,(H,37,38)/t17-/m1/s1. The van der Waals surface area contributed by atoms with E-state index in [1.807, 2.05) is 0 Å². The van der Waals surface area contributed by atoms with Gasteiger partial charge < -0.3 is 15.0 Å². The van der Waals surface area contributed by atoms with Crippen LogP contribution in [0.1, 0.15) is 74.5 Å². The van der Waals surface area contributed by atoms with Crippen LogP contribution < -0.4 is 5.32 Å². The lowest BCUT2D eigenvalue weighted by molar-refractivity contribution is -0.136. The molecule has 1 aliphatic rings. The van der Waals surface area contributed by atoms with E-state index in [2.05, 4.69) is 10.3 Å². The van der Waals surface area contributed by atoms with E-state index in [0.717, 1.165) is 12.1 Å². The molecule has 1 aromatic heterocycles. The van der Waals surface area contributed by atoms with Crippen molar-refractivity contribution in [2.75, 3.05) is 18.4 Å². The molecule has 0 saturated carbocycles. The molecule has 3 aromatic rings. The van der Waals surface area contributed by atoms with Crippen molar-refractivity contribution >= 4 is 28.3 Å². The zero-order chi connectivity index (χ0) is 30.3. The Morgan fingerprint density at radius 3 is 2.37 bits per heavy atom. The number of amides is 1. The largest absolute Gasteiger partial charge is 0.444 e. The average Bonchev–Trinajstić information content (AvgIpc) is 2.86. The number of halogens is 6. The number of aromatic nitrogens is 1. The second-order valence-corrected chi connectivity index (χ2v) is 11.1.